The molecule has 0 aliphatic heterocycles. The van der Waals surface area contributed by atoms with Crippen LogP contribution in [0, 0.1) is 6.92 Å². The van der Waals surface area contributed by atoms with Gasteiger partial charge in [0.25, 0.3) is 0 Å². The molecule has 39 heavy (non-hydrogen) atoms. The summed E-state index contributed by atoms with van der Waals surface area (Å²) in [5.41, 5.74) is 3.15. The molecule has 0 aliphatic rings. The minimum Gasteiger partial charge on any atom is -0.355 e. The normalized spacial score (nSPS) is 12.0. The number of nitrogens with one attached hydrogen (secondary N) is 1. The summed E-state index contributed by atoms with van der Waals surface area (Å²) in [4.78, 5) is 28.6. The van der Waals surface area contributed by atoms with Crippen molar-refractivity contribution in [1.82, 2.24) is 10.2 Å². The van der Waals surface area contributed by atoms with Crippen molar-refractivity contribution in [2.24, 2.45) is 0 Å². The van der Waals surface area contributed by atoms with Crippen LogP contribution in [0.2, 0.25) is 5.02 Å². The van der Waals surface area contributed by atoms with E-state index in [1.807, 2.05) is 68.4 Å². The number of aryl methyl sites for hydroxylation is 1. The van der Waals surface area contributed by atoms with E-state index in [1.54, 1.807) is 29.2 Å². The van der Waals surface area contributed by atoms with Gasteiger partial charge in [-0.05, 0) is 55.2 Å². The number of rotatable bonds is 13. The Labute approximate surface area is 236 Å². The number of anilines is 1. The maximum atomic E-state index is 13.8. The van der Waals surface area contributed by atoms with Crippen molar-refractivity contribution in [1.29, 1.82) is 0 Å². The summed E-state index contributed by atoms with van der Waals surface area (Å²) in [6.07, 6.45) is 1.84. The van der Waals surface area contributed by atoms with Crippen LogP contribution in [0.15, 0.2) is 78.9 Å². The molecule has 0 radical (unpaired) electrons. The highest BCUT2D eigenvalue weighted by molar-refractivity contribution is 7.92. The third-order valence-corrected chi connectivity index (χ3v) is 7.93. The van der Waals surface area contributed by atoms with Gasteiger partial charge in [0.1, 0.15) is 6.04 Å². The molecule has 0 aliphatic carbocycles. The first-order chi connectivity index (χ1) is 18.6. The Bertz CT molecular complexity index is 1370. The number of likely N-dealkylation sites (N-methyl/N-ethyl adjacent to an activating group) is 1. The molecule has 0 aromatic heterocycles. The zero-order chi connectivity index (χ0) is 28.4. The molecule has 1 atom stereocenters. The largest absolute Gasteiger partial charge is 0.355 e. The zero-order valence-electron chi connectivity index (χ0n) is 22.6. The van der Waals surface area contributed by atoms with Crippen LogP contribution in [-0.2, 0) is 32.6 Å². The topological polar surface area (TPSA) is 86.8 Å². The van der Waals surface area contributed by atoms with Crippen LogP contribution in [-0.4, -0.2) is 50.5 Å². The standard InChI is InChI=1S/C30H36ClN3O4S/c1-4-32-30(36)28(21-24-13-6-5-7-14-24)33(22-25-15-8-9-17-27(25)31)29(35)18-11-19-34(39(3,37)38)26-16-10-12-23(2)20-26/h5-10,12-17,20,28H,4,11,18-19,21-22H2,1-3H3,(H,32,36)/t28-/m1/s1. The number of hydrogen-bond donors (Lipinski definition) is 1. The van der Waals surface area contributed by atoms with Crippen LogP contribution < -0.4 is 9.62 Å². The molecule has 0 heterocycles. The predicted molar refractivity (Wildman–Crippen MR) is 157 cm³/mol. The zero-order valence-corrected chi connectivity index (χ0v) is 24.2. The van der Waals surface area contributed by atoms with E-state index in [-0.39, 0.29) is 37.7 Å². The average molecular weight is 570 g/mol. The van der Waals surface area contributed by atoms with Crippen molar-refractivity contribution in [3.8, 4) is 0 Å². The van der Waals surface area contributed by atoms with Crippen molar-refractivity contribution in [3.63, 3.8) is 0 Å². The third-order valence-electron chi connectivity index (χ3n) is 6.36. The van der Waals surface area contributed by atoms with Gasteiger partial charge in [0.05, 0.1) is 11.9 Å². The van der Waals surface area contributed by atoms with Gasteiger partial charge in [-0.25, -0.2) is 8.42 Å². The highest BCUT2D eigenvalue weighted by atomic mass is 35.5. The Morgan fingerprint density at radius 3 is 2.31 bits per heavy atom. The minimum absolute atomic E-state index is 0.0625. The highest BCUT2D eigenvalue weighted by Gasteiger charge is 2.30. The summed E-state index contributed by atoms with van der Waals surface area (Å²) in [5, 5.41) is 3.38. The van der Waals surface area contributed by atoms with Gasteiger partial charge in [-0.1, -0.05) is 72.3 Å². The van der Waals surface area contributed by atoms with Crippen LogP contribution in [0.1, 0.15) is 36.5 Å². The molecular weight excluding hydrogens is 534 g/mol. The van der Waals surface area contributed by atoms with Crippen molar-refractivity contribution in [3.05, 3.63) is 101 Å². The summed E-state index contributed by atoms with van der Waals surface area (Å²) >= 11 is 6.44. The molecule has 208 valence electrons. The van der Waals surface area contributed by atoms with Crippen molar-refractivity contribution < 1.29 is 18.0 Å². The summed E-state index contributed by atoms with van der Waals surface area (Å²) in [6.45, 7) is 4.45. The Kier molecular flexibility index (Phi) is 10.9. The molecule has 3 rings (SSSR count). The van der Waals surface area contributed by atoms with Crippen LogP contribution in [0.4, 0.5) is 5.69 Å². The monoisotopic (exact) mass is 569 g/mol. The van der Waals surface area contributed by atoms with Crippen LogP contribution in [0.25, 0.3) is 0 Å². The summed E-state index contributed by atoms with van der Waals surface area (Å²) in [7, 11) is -3.56. The number of amides is 2. The summed E-state index contributed by atoms with van der Waals surface area (Å²) in [6, 6.07) is 23.3. The number of sulfonamides is 1. The van der Waals surface area contributed by atoms with Crippen LogP contribution in [0.3, 0.4) is 0 Å². The van der Waals surface area contributed by atoms with E-state index < -0.39 is 16.1 Å². The van der Waals surface area contributed by atoms with Crippen molar-refractivity contribution in [2.45, 2.75) is 45.7 Å². The fourth-order valence-corrected chi connectivity index (χ4v) is 5.60. The number of halogens is 1. The quantitative estimate of drug-likeness (QED) is 0.315. The first-order valence-corrected chi connectivity index (χ1v) is 15.2. The summed E-state index contributed by atoms with van der Waals surface area (Å²) < 4.78 is 26.5. The minimum atomic E-state index is -3.56. The number of benzene rings is 3. The van der Waals surface area contributed by atoms with E-state index in [2.05, 4.69) is 5.32 Å². The molecule has 2 amide bonds. The molecule has 0 bridgehead atoms. The van der Waals surface area contributed by atoms with Gasteiger partial charge >= 0.3 is 0 Å². The molecule has 0 saturated carbocycles. The van der Waals surface area contributed by atoms with E-state index in [9.17, 15) is 18.0 Å². The lowest BCUT2D eigenvalue weighted by molar-refractivity contribution is -0.141. The molecule has 1 N–H and O–H groups in total. The van der Waals surface area contributed by atoms with Crippen LogP contribution >= 0.6 is 11.6 Å². The van der Waals surface area contributed by atoms with Crippen molar-refractivity contribution >= 4 is 39.1 Å². The molecule has 9 heteroatoms. The van der Waals surface area contributed by atoms with Gasteiger partial charge in [-0.15, -0.1) is 0 Å². The first kappa shape index (κ1) is 30.2. The molecule has 0 fully saturated rings. The second-order valence-electron chi connectivity index (χ2n) is 9.49. The van der Waals surface area contributed by atoms with Gasteiger partial charge in [0, 0.05) is 37.5 Å². The molecule has 0 unspecified atom stereocenters. The van der Waals surface area contributed by atoms with E-state index in [1.165, 1.54) is 4.31 Å². The van der Waals surface area contributed by atoms with Gasteiger partial charge < -0.3 is 10.2 Å². The smallest absolute Gasteiger partial charge is 0.243 e. The number of hydrogen-bond acceptors (Lipinski definition) is 4. The number of carbonyl (C=O) groups is 2. The second kappa shape index (κ2) is 14.1. The first-order valence-electron chi connectivity index (χ1n) is 13.0. The maximum Gasteiger partial charge on any atom is 0.243 e. The lowest BCUT2D eigenvalue weighted by Gasteiger charge is -2.32. The predicted octanol–water partition coefficient (Wildman–Crippen LogP) is 4.97. The van der Waals surface area contributed by atoms with Crippen LogP contribution in [0.5, 0.6) is 0 Å². The van der Waals surface area contributed by atoms with Gasteiger partial charge in [0.2, 0.25) is 21.8 Å². The molecule has 3 aromatic rings. The van der Waals surface area contributed by atoms with Gasteiger partial charge in [-0.3, -0.25) is 13.9 Å². The Morgan fingerprint density at radius 1 is 0.974 bits per heavy atom. The maximum absolute atomic E-state index is 13.8. The SMILES string of the molecule is CCNC(=O)[C@@H](Cc1ccccc1)N(Cc1ccccc1Cl)C(=O)CCCN(c1cccc(C)c1)S(C)(=O)=O. The highest BCUT2D eigenvalue weighted by Crippen LogP contribution is 2.23. The fraction of sp³-hybridized carbons (Fsp3) is 0.333. The van der Waals surface area contributed by atoms with E-state index in [0.29, 0.717) is 23.7 Å². The van der Waals surface area contributed by atoms with E-state index in [0.717, 1.165) is 22.9 Å². The number of carbonyl (C=O) groups excluding carboxylic acids is 2. The second-order valence-corrected chi connectivity index (χ2v) is 11.8. The lowest BCUT2D eigenvalue weighted by Crippen LogP contribution is -2.50. The molecule has 3 aromatic carbocycles. The molecule has 0 saturated heterocycles. The average Bonchev–Trinajstić information content (AvgIpc) is 2.89. The van der Waals surface area contributed by atoms with Gasteiger partial charge in [0.15, 0.2) is 0 Å². The van der Waals surface area contributed by atoms with Gasteiger partial charge in [-0.2, -0.15) is 0 Å². The Balaban J connectivity index is 1.87. The molecule has 0 spiro atoms. The van der Waals surface area contributed by atoms with Crippen molar-refractivity contribution in [2.75, 3.05) is 23.7 Å². The molecule has 7 nitrogen and oxygen atoms in total. The number of nitrogens with zero attached hydrogens (tertiary/aromatic N) is 2. The summed E-state index contributed by atoms with van der Waals surface area (Å²) in [5.74, 6) is -0.501. The third kappa shape index (κ3) is 8.83. The molecular formula is C30H36ClN3O4S. The Morgan fingerprint density at radius 2 is 1.67 bits per heavy atom. The van der Waals surface area contributed by atoms with E-state index >= 15 is 0 Å². The fourth-order valence-electron chi connectivity index (χ4n) is 4.44. The Hall–Kier alpha value is -3.36. The lowest BCUT2D eigenvalue weighted by atomic mass is 10.0. The van der Waals surface area contributed by atoms with E-state index in [4.69, 9.17) is 11.6 Å².